The Morgan fingerprint density at radius 3 is 2.62 bits per heavy atom. The second-order valence-corrected chi connectivity index (χ2v) is 8.51. The van der Waals surface area contributed by atoms with Gasteiger partial charge >= 0.3 is 0 Å². The number of ether oxygens (including phenoxy) is 1. The van der Waals surface area contributed by atoms with Crippen LogP contribution in [-0.2, 0) is 0 Å². The highest BCUT2D eigenvalue weighted by Gasteiger charge is 2.19. The summed E-state index contributed by atoms with van der Waals surface area (Å²) in [5.41, 5.74) is 5.35. The molecule has 1 N–H and O–H groups in total. The summed E-state index contributed by atoms with van der Waals surface area (Å²) in [6.45, 7) is 7.87. The Bertz CT molecular complexity index is 1080. The highest BCUT2D eigenvalue weighted by molar-refractivity contribution is 5.94. The van der Waals surface area contributed by atoms with Gasteiger partial charge in [0.1, 0.15) is 11.4 Å². The number of carbonyl (C=O) groups is 1. The molecule has 2 heterocycles. The number of likely N-dealkylation sites (tertiary alicyclic amines) is 1. The van der Waals surface area contributed by atoms with Crippen LogP contribution in [0, 0.1) is 13.8 Å². The molecule has 168 valence electrons. The molecule has 1 fully saturated rings. The van der Waals surface area contributed by atoms with Crippen LogP contribution in [0.1, 0.15) is 40.9 Å². The van der Waals surface area contributed by atoms with Crippen molar-refractivity contribution >= 4 is 5.91 Å². The van der Waals surface area contributed by atoms with Gasteiger partial charge in [0.05, 0.1) is 18.5 Å². The lowest BCUT2D eigenvalue weighted by molar-refractivity contribution is 0.0939. The molecule has 0 unspecified atom stereocenters. The molecule has 2 aromatic carbocycles. The van der Waals surface area contributed by atoms with Crippen molar-refractivity contribution in [2.24, 2.45) is 0 Å². The molecule has 1 saturated heterocycles. The minimum Gasteiger partial charge on any atom is -0.497 e. The number of methoxy groups -OCH3 is 1. The van der Waals surface area contributed by atoms with Crippen molar-refractivity contribution in [3.05, 3.63) is 65.4 Å². The third-order valence-corrected chi connectivity index (χ3v) is 6.05. The van der Waals surface area contributed by atoms with Crippen LogP contribution in [0.2, 0.25) is 0 Å². The third kappa shape index (κ3) is 5.02. The monoisotopic (exact) mass is 432 g/mol. The van der Waals surface area contributed by atoms with E-state index in [1.54, 1.807) is 11.8 Å². The zero-order chi connectivity index (χ0) is 22.5. The van der Waals surface area contributed by atoms with E-state index in [2.05, 4.69) is 23.2 Å². The Labute approximate surface area is 190 Å². The zero-order valence-corrected chi connectivity index (χ0v) is 19.2. The Balaban J connectivity index is 1.62. The second kappa shape index (κ2) is 10.0. The lowest BCUT2D eigenvalue weighted by atomic mass is 10.1. The normalized spacial score (nSPS) is 14.3. The van der Waals surface area contributed by atoms with E-state index < -0.39 is 0 Å². The van der Waals surface area contributed by atoms with Gasteiger partial charge in [0.15, 0.2) is 0 Å². The van der Waals surface area contributed by atoms with Crippen molar-refractivity contribution in [1.29, 1.82) is 0 Å². The number of aryl methyl sites for hydroxylation is 2. The zero-order valence-electron chi connectivity index (χ0n) is 19.2. The first-order valence-electron chi connectivity index (χ1n) is 11.4. The summed E-state index contributed by atoms with van der Waals surface area (Å²) < 4.78 is 7.13. The largest absolute Gasteiger partial charge is 0.497 e. The Kier molecular flexibility index (Phi) is 6.90. The van der Waals surface area contributed by atoms with Crippen molar-refractivity contribution < 1.29 is 9.53 Å². The van der Waals surface area contributed by atoms with Gasteiger partial charge in [-0.2, -0.15) is 5.10 Å². The number of rotatable bonds is 7. The predicted molar refractivity (Wildman–Crippen MR) is 128 cm³/mol. The number of nitrogens with zero attached hydrogens (tertiary/aromatic N) is 3. The molecule has 1 amide bonds. The molecule has 1 aliphatic heterocycles. The number of carbonyl (C=O) groups excluding carboxylic acids is 1. The summed E-state index contributed by atoms with van der Waals surface area (Å²) >= 11 is 0. The summed E-state index contributed by atoms with van der Waals surface area (Å²) in [6, 6.07) is 15.8. The highest BCUT2D eigenvalue weighted by atomic mass is 16.5. The predicted octanol–water partition coefficient (Wildman–Crippen LogP) is 4.38. The van der Waals surface area contributed by atoms with Crippen molar-refractivity contribution in [3.8, 4) is 22.7 Å². The van der Waals surface area contributed by atoms with E-state index in [0.29, 0.717) is 12.2 Å². The van der Waals surface area contributed by atoms with Gasteiger partial charge in [-0.1, -0.05) is 36.2 Å². The first kappa shape index (κ1) is 22.1. The summed E-state index contributed by atoms with van der Waals surface area (Å²) in [6.07, 6.45) is 3.81. The average molecular weight is 433 g/mol. The molecule has 32 heavy (non-hydrogen) atoms. The molecule has 1 aromatic heterocycles. The third-order valence-electron chi connectivity index (χ3n) is 6.05. The molecule has 0 bridgehead atoms. The maximum absolute atomic E-state index is 13.2. The first-order chi connectivity index (χ1) is 15.5. The quantitative estimate of drug-likeness (QED) is 0.602. The number of benzene rings is 2. The Hall–Kier alpha value is -3.12. The van der Waals surface area contributed by atoms with Crippen molar-refractivity contribution in [2.75, 3.05) is 33.3 Å². The van der Waals surface area contributed by atoms with Crippen LogP contribution in [0.3, 0.4) is 0 Å². The van der Waals surface area contributed by atoms with Crippen molar-refractivity contribution in [3.63, 3.8) is 0 Å². The molecule has 0 atom stereocenters. The van der Waals surface area contributed by atoms with Gasteiger partial charge in [-0.3, -0.25) is 4.79 Å². The van der Waals surface area contributed by atoms with Crippen LogP contribution >= 0.6 is 0 Å². The van der Waals surface area contributed by atoms with E-state index in [1.165, 1.54) is 24.8 Å². The average Bonchev–Trinajstić information content (AvgIpc) is 3.25. The second-order valence-electron chi connectivity index (χ2n) is 8.51. The van der Waals surface area contributed by atoms with Crippen LogP contribution in [0.15, 0.2) is 48.5 Å². The number of nitrogens with one attached hydrogen (secondary N) is 1. The summed E-state index contributed by atoms with van der Waals surface area (Å²) in [5.74, 6) is 0.653. The smallest absolute Gasteiger partial charge is 0.270 e. The topological polar surface area (TPSA) is 59.4 Å². The van der Waals surface area contributed by atoms with E-state index in [9.17, 15) is 4.79 Å². The number of piperidine rings is 1. The first-order valence-corrected chi connectivity index (χ1v) is 11.4. The van der Waals surface area contributed by atoms with Gasteiger partial charge in [0, 0.05) is 18.7 Å². The molecule has 0 aliphatic carbocycles. The van der Waals surface area contributed by atoms with E-state index in [-0.39, 0.29) is 5.91 Å². The number of hydrogen-bond acceptors (Lipinski definition) is 4. The molecule has 0 saturated carbocycles. The molecule has 3 aromatic rings. The molecule has 1 aliphatic rings. The standard InChI is InChI=1S/C26H32N4O2/c1-19-10-11-24(20(2)16-19)30-25(26(31)27-12-15-29-13-5-4-6-14-29)18-23(28-30)21-8-7-9-22(17-21)32-3/h7-11,16-18H,4-6,12-15H2,1-3H3,(H,27,31). The molecular formula is C26H32N4O2. The SMILES string of the molecule is COc1cccc(-c2cc(C(=O)NCCN3CCCCC3)n(-c3ccc(C)cc3C)n2)c1. The van der Waals surface area contributed by atoms with Gasteiger partial charge in [-0.15, -0.1) is 0 Å². The fraction of sp³-hybridized carbons (Fsp3) is 0.385. The van der Waals surface area contributed by atoms with Gasteiger partial charge in [-0.05, 0) is 69.6 Å². The fourth-order valence-corrected chi connectivity index (χ4v) is 4.29. The Morgan fingerprint density at radius 1 is 1.06 bits per heavy atom. The van der Waals surface area contributed by atoms with Crippen LogP contribution in [0.5, 0.6) is 5.75 Å². The Morgan fingerprint density at radius 2 is 1.88 bits per heavy atom. The van der Waals surface area contributed by atoms with E-state index in [0.717, 1.165) is 47.9 Å². The lowest BCUT2D eigenvalue weighted by Crippen LogP contribution is -2.38. The molecule has 0 spiro atoms. The van der Waals surface area contributed by atoms with Crippen molar-refractivity contribution in [1.82, 2.24) is 20.0 Å². The minimum atomic E-state index is -0.108. The summed E-state index contributed by atoms with van der Waals surface area (Å²) in [4.78, 5) is 15.6. The molecule has 6 heteroatoms. The maximum atomic E-state index is 13.2. The number of amides is 1. The minimum absolute atomic E-state index is 0.108. The van der Waals surface area contributed by atoms with E-state index in [4.69, 9.17) is 9.84 Å². The van der Waals surface area contributed by atoms with Crippen LogP contribution in [-0.4, -0.2) is 53.9 Å². The van der Waals surface area contributed by atoms with E-state index >= 15 is 0 Å². The maximum Gasteiger partial charge on any atom is 0.270 e. The van der Waals surface area contributed by atoms with Gasteiger partial charge in [-0.25, -0.2) is 4.68 Å². The van der Waals surface area contributed by atoms with Gasteiger partial charge in [0.25, 0.3) is 5.91 Å². The van der Waals surface area contributed by atoms with Crippen LogP contribution < -0.4 is 10.1 Å². The summed E-state index contributed by atoms with van der Waals surface area (Å²) in [7, 11) is 1.65. The van der Waals surface area contributed by atoms with E-state index in [1.807, 2.05) is 49.4 Å². The van der Waals surface area contributed by atoms with Gasteiger partial charge < -0.3 is 15.0 Å². The van der Waals surface area contributed by atoms with Crippen LogP contribution in [0.25, 0.3) is 16.9 Å². The lowest BCUT2D eigenvalue weighted by Gasteiger charge is -2.26. The fourth-order valence-electron chi connectivity index (χ4n) is 4.29. The molecule has 6 nitrogen and oxygen atoms in total. The van der Waals surface area contributed by atoms with Crippen LogP contribution in [0.4, 0.5) is 0 Å². The highest BCUT2D eigenvalue weighted by Crippen LogP contribution is 2.26. The molecule has 4 rings (SSSR count). The van der Waals surface area contributed by atoms with Gasteiger partial charge in [0.2, 0.25) is 0 Å². The molecular weight excluding hydrogens is 400 g/mol. The summed E-state index contributed by atoms with van der Waals surface area (Å²) in [5, 5.41) is 7.93. The van der Waals surface area contributed by atoms with Crippen molar-refractivity contribution in [2.45, 2.75) is 33.1 Å². The number of aromatic nitrogens is 2. The molecule has 0 radical (unpaired) electrons. The number of hydrogen-bond donors (Lipinski definition) is 1.